The molecular weight excluding hydrogens is 212 g/mol. The predicted molar refractivity (Wildman–Crippen MR) is 59.7 cm³/mol. The average molecular weight is 234 g/mol. The van der Waals surface area contributed by atoms with Gasteiger partial charge in [0, 0.05) is 33.7 Å². The van der Waals surface area contributed by atoms with Gasteiger partial charge in [0.25, 0.3) is 0 Å². The van der Waals surface area contributed by atoms with Crippen LogP contribution in [0.2, 0.25) is 0 Å². The van der Waals surface area contributed by atoms with Crippen LogP contribution in [-0.4, -0.2) is 50.2 Å². The fourth-order valence-electron chi connectivity index (χ4n) is 1.31. The highest BCUT2D eigenvalue weighted by Gasteiger charge is 2.28. The van der Waals surface area contributed by atoms with Crippen molar-refractivity contribution >= 4 is 5.91 Å². The van der Waals surface area contributed by atoms with Gasteiger partial charge in [0.2, 0.25) is 5.91 Å². The van der Waals surface area contributed by atoms with E-state index in [1.807, 2.05) is 0 Å². The predicted octanol–water partition coefficient (Wildman–Crippen LogP) is -0.789. The molecule has 0 aliphatic rings. The third kappa shape index (κ3) is 6.73. The second-order valence-electron chi connectivity index (χ2n) is 3.92. The average Bonchev–Trinajstić information content (AvgIpc) is 2.22. The van der Waals surface area contributed by atoms with Crippen LogP contribution in [0.5, 0.6) is 0 Å². The van der Waals surface area contributed by atoms with E-state index in [9.17, 15) is 9.90 Å². The maximum Gasteiger partial charge on any atom is 0.222 e. The summed E-state index contributed by atoms with van der Waals surface area (Å²) in [4.78, 5) is 11.4. The second-order valence-corrected chi connectivity index (χ2v) is 3.92. The fraction of sp³-hybridized carbons (Fsp3) is 0.900. The molecule has 0 fully saturated rings. The molecule has 1 unspecified atom stereocenters. The third-order valence-electron chi connectivity index (χ3n) is 2.14. The molecule has 0 rings (SSSR count). The molecule has 96 valence electrons. The minimum atomic E-state index is -1.16. The number of hydrogen-bond donors (Lipinski definition) is 3. The number of amides is 1. The van der Waals surface area contributed by atoms with E-state index in [4.69, 9.17) is 15.2 Å². The number of hydrogen-bond acceptors (Lipinski definition) is 5. The van der Waals surface area contributed by atoms with Gasteiger partial charge >= 0.3 is 0 Å². The summed E-state index contributed by atoms with van der Waals surface area (Å²) in [6.45, 7) is 2.36. The van der Waals surface area contributed by atoms with Gasteiger partial charge in [0.05, 0.1) is 12.0 Å². The summed E-state index contributed by atoms with van der Waals surface area (Å²) < 4.78 is 9.93. The summed E-state index contributed by atoms with van der Waals surface area (Å²) in [6, 6.07) is 0. The molecule has 0 aromatic heterocycles. The Labute approximate surface area is 96.1 Å². The van der Waals surface area contributed by atoms with Crippen molar-refractivity contribution in [1.82, 2.24) is 5.32 Å². The van der Waals surface area contributed by atoms with Gasteiger partial charge in [0.1, 0.15) is 0 Å². The van der Waals surface area contributed by atoms with Gasteiger partial charge in [-0.15, -0.1) is 0 Å². The molecule has 0 heterocycles. The molecule has 6 heteroatoms. The van der Waals surface area contributed by atoms with Gasteiger partial charge < -0.3 is 25.6 Å². The zero-order chi connectivity index (χ0) is 12.6. The molecule has 0 spiro atoms. The lowest BCUT2D eigenvalue weighted by atomic mass is 9.97. The standard InChI is InChI=1S/C10H22N2O4/c1-10(14,7-9(15-2)16-3)6-8(13)12-5-4-11/h9,14H,4-7,11H2,1-3H3,(H,12,13). The molecule has 1 atom stereocenters. The highest BCUT2D eigenvalue weighted by Crippen LogP contribution is 2.18. The molecule has 0 radical (unpaired) electrons. The van der Waals surface area contributed by atoms with Crippen molar-refractivity contribution < 1.29 is 19.4 Å². The van der Waals surface area contributed by atoms with E-state index in [1.54, 1.807) is 6.92 Å². The molecule has 16 heavy (non-hydrogen) atoms. The number of nitrogens with two attached hydrogens (primary N) is 1. The molecule has 0 aromatic rings. The first-order valence-corrected chi connectivity index (χ1v) is 5.20. The maximum absolute atomic E-state index is 11.4. The zero-order valence-corrected chi connectivity index (χ0v) is 10.2. The quantitative estimate of drug-likeness (QED) is 0.479. The van der Waals surface area contributed by atoms with Gasteiger partial charge in [-0.25, -0.2) is 0 Å². The fourth-order valence-corrected chi connectivity index (χ4v) is 1.31. The van der Waals surface area contributed by atoms with Crippen molar-refractivity contribution in [2.45, 2.75) is 31.7 Å². The minimum Gasteiger partial charge on any atom is -0.389 e. The Bertz CT molecular complexity index is 205. The van der Waals surface area contributed by atoms with Crippen molar-refractivity contribution in [3.63, 3.8) is 0 Å². The van der Waals surface area contributed by atoms with Crippen LogP contribution in [0.3, 0.4) is 0 Å². The van der Waals surface area contributed by atoms with Gasteiger partial charge in [-0.3, -0.25) is 4.79 Å². The summed E-state index contributed by atoms with van der Waals surface area (Å²) in [5.41, 5.74) is 4.09. The summed E-state index contributed by atoms with van der Waals surface area (Å²) in [6.07, 6.45) is -0.288. The number of ether oxygens (including phenoxy) is 2. The lowest BCUT2D eigenvalue weighted by Crippen LogP contribution is -2.39. The highest BCUT2D eigenvalue weighted by molar-refractivity contribution is 5.76. The molecule has 0 bridgehead atoms. The largest absolute Gasteiger partial charge is 0.389 e. The molecule has 4 N–H and O–H groups in total. The van der Waals surface area contributed by atoms with Crippen molar-refractivity contribution in [3.05, 3.63) is 0 Å². The number of rotatable bonds is 8. The Morgan fingerprint density at radius 1 is 1.50 bits per heavy atom. The van der Waals surface area contributed by atoms with E-state index in [0.29, 0.717) is 13.1 Å². The smallest absolute Gasteiger partial charge is 0.222 e. The van der Waals surface area contributed by atoms with Crippen molar-refractivity contribution in [2.24, 2.45) is 5.73 Å². The Balaban J connectivity index is 4.06. The van der Waals surface area contributed by atoms with E-state index < -0.39 is 11.9 Å². The Morgan fingerprint density at radius 2 is 2.06 bits per heavy atom. The minimum absolute atomic E-state index is 0.00375. The number of carbonyl (C=O) groups excluding carboxylic acids is 1. The number of aliphatic hydroxyl groups is 1. The van der Waals surface area contributed by atoms with Crippen molar-refractivity contribution in [2.75, 3.05) is 27.3 Å². The summed E-state index contributed by atoms with van der Waals surface area (Å²) in [7, 11) is 2.97. The number of nitrogens with one attached hydrogen (secondary N) is 1. The maximum atomic E-state index is 11.4. The molecule has 0 saturated heterocycles. The highest BCUT2D eigenvalue weighted by atomic mass is 16.7. The van der Waals surface area contributed by atoms with Crippen LogP contribution < -0.4 is 11.1 Å². The van der Waals surface area contributed by atoms with E-state index in [1.165, 1.54) is 14.2 Å². The normalized spacial score (nSPS) is 14.9. The van der Waals surface area contributed by atoms with Crippen LogP contribution in [0, 0.1) is 0 Å². The van der Waals surface area contributed by atoms with Crippen molar-refractivity contribution in [3.8, 4) is 0 Å². The number of carbonyl (C=O) groups is 1. The first-order valence-electron chi connectivity index (χ1n) is 5.20. The SMILES string of the molecule is COC(CC(C)(O)CC(=O)NCCN)OC. The molecule has 1 amide bonds. The van der Waals surface area contributed by atoms with E-state index in [0.717, 1.165) is 0 Å². The van der Waals surface area contributed by atoms with Crippen LogP contribution in [0.25, 0.3) is 0 Å². The monoisotopic (exact) mass is 234 g/mol. The van der Waals surface area contributed by atoms with Crippen LogP contribution in [-0.2, 0) is 14.3 Å². The van der Waals surface area contributed by atoms with E-state index >= 15 is 0 Å². The lowest BCUT2D eigenvalue weighted by Gasteiger charge is -2.26. The Morgan fingerprint density at radius 3 is 2.50 bits per heavy atom. The summed E-state index contributed by atoms with van der Waals surface area (Å²) >= 11 is 0. The Kier molecular flexibility index (Phi) is 7.24. The zero-order valence-electron chi connectivity index (χ0n) is 10.2. The van der Waals surface area contributed by atoms with Crippen LogP contribution >= 0.6 is 0 Å². The van der Waals surface area contributed by atoms with Crippen LogP contribution in [0.1, 0.15) is 19.8 Å². The van der Waals surface area contributed by atoms with E-state index in [-0.39, 0.29) is 18.7 Å². The van der Waals surface area contributed by atoms with Crippen LogP contribution in [0.4, 0.5) is 0 Å². The second kappa shape index (κ2) is 7.56. The van der Waals surface area contributed by atoms with Gasteiger partial charge in [-0.1, -0.05) is 0 Å². The molecule has 0 aromatic carbocycles. The third-order valence-corrected chi connectivity index (χ3v) is 2.14. The van der Waals surface area contributed by atoms with Crippen molar-refractivity contribution in [1.29, 1.82) is 0 Å². The number of methoxy groups -OCH3 is 2. The summed E-state index contributed by atoms with van der Waals surface area (Å²) in [5, 5.41) is 12.6. The molecule has 0 aliphatic carbocycles. The molecule has 0 aliphatic heterocycles. The van der Waals surface area contributed by atoms with Gasteiger partial charge in [-0.05, 0) is 6.92 Å². The summed E-state index contributed by atoms with van der Waals surface area (Å²) in [5.74, 6) is -0.235. The van der Waals surface area contributed by atoms with Gasteiger partial charge in [-0.2, -0.15) is 0 Å². The molecule has 6 nitrogen and oxygen atoms in total. The van der Waals surface area contributed by atoms with Gasteiger partial charge in [0.15, 0.2) is 6.29 Å². The van der Waals surface area contributed by atoms with E-state index in [2.05, 4.69) is 5.32 Å². The van der Waals surface area contributed by atoms with Crippen LogP contribution in [0.15, 0.2) is 0 Å². The first kappa shape index (κ1) is 15.3. The first-order chi connectivity index (χ1) is 7.45. The Hall–Kier alpha value is -0.690. The molecular formula is C10H22N2O4. The lowest BCUT2D eigenvalue weighted by molar-refractivity contribution is -0.147. The molecule has 0 saturated carbocycles. The topological polar surface area (TPSA) is 93.8 Å².